The maximum atomic E-state index is 13.0. The van der Waals surface area contributed by atoms with Gasteiger partial charge in [0.15, 0.2) is 6.10 Å². The fraction of sp³-hybridized carbons (Fsp3) is 0.118. The van der Waals surface area contributed by atoms with Gasteiger partial charge in [-0.25, -0.2) is 9.18 Å². The average molecular weight is 409 g/mol. The number of hydrogen-bond acceptors (Lipinski definition) is 4. The van der Waals surface area contributed by atoms with Gasteiger partial charge in [-0.15, -0.1) is 0 Å². The standard InChI is InChI=1S/C17H14BrFN2O4/c1-9(25-17(24)13-7-4-11(19)8-14(13)18)16(23)21-12-5-2-10(3-6-12)15(20)22/h2-9H,1H3,(H2,20,22)(H,21,23)/t9-/m1/s1. The number of nitrogens with one attached hydrogen (secondary N) is 1. The molecule has 8 heteroatoms. The molecule has 2 amide bonds. The molecular formula is C17H14BrFN2O4. The summed E-state index contributed by atoms with van der Waals surface area (Å²) in [7, 11) is 0. The molecule has 2 aromatic carbocycles. The molecule has 0 saturated heterocycles. The SMILES string of the molecule is C[C@@H](OC(=O)c1ccc(F)cc1Br)C(=O)Nc1ccc(C(N)=O)cc1. The first kappa shape index (κ1) is 18.6. The van der Waals surface area contributed by atoms with Gasteiger partial charge in [-0.2, -0.15) is 0 Å². The van der Waals surface area contributed by atoms with Crippen molar-refractivity contribution in [1.29, 1.82) is 0 Å². The molecule has 0 radical (unpaired) electrons. The number of halogens is 2. The second-order valence-corrected chi connectivity index (χ2v) is 5.96. The van der Waals surface area contributed by atoms with Gasteiger partial charge in [0.2, 0.25) is 5.91 Å². The number of rotatable bonds is 5. The number of hydrogen-bond donors (Lipinski definition) is 2. The number of nitrogens with two attached hydrogens (primary N) is 1. The Morgan fingerprint density at radius 2 is 1.80 bits per heavy atom. The van der Waals surface area contributed by atoms with Crippen LogP contribution in [0.3, 0.4) is 0 Å². The van der Waals surface area contributed by atoms with E-state index in [1.807, 2.05) is 0 Å². The third-order valence-corrected chi connectivity index (χ3v) is 3.90. The lowest BCUT2D eigenvalue weighted by molar-refractivity contribution is -0.123. The molecular weight excluding hydrogens is 395 g/mol. The van der Waals surface area contributed by atoms with Gasteiger partial charge in [0.1, 0.15) is 5.82 Å². The first-order valence-corrected chi connectivity index (χ1v) is 7.94. The van der Waals surface area contributed by atoms with Gasteiger partial charge in [-0.05, 0) is 65.3 Å². The fourth-order valence-electron chi connectivity index (χ4n) is 1.89. The number of anilines is 1. The van der Waals surface area contributed by atoms with Crippen LogP contribution in [-0.4, -0.2) is 23.9 Å². The van der Waals surface area contributed by atoms with Crippen molar-refractivity contribution in [2.24, 2.45) is 5.73 Å². The quantitative estimate of drug-likeness (QED) is 0.742. The molecule has 0 unspecified atom stereocenters. The molecule has 2 rings (SSSR count). The summed E-state index contributed by atoms with van der Waals surface area (Å²) in [5.74, 6) is -2.41. The number of amides is 2. The molecule has 0 aliphatic heterocycles. The molecule has 0 heterocycles. The zero-order chi connectivity index (χ0) is 18.6. The van der Waals surface area contributed by atoms with Crippen LogP contribution in [0.15, 0.2) is 46.9 Å². The molecule has 0 saturated carbocycles. The minimum Gasteiger partial charge on any atom is -0.449 e. The minimum absolute atomic E-state index is 0.104. The second-order valence-electron chi connectivity index (χ2n) is 5.10. The second kappa shape index (κ2) is 7.89. The molecule has 0 bridgehead atoms. The van der Waals surface area contributed by atoms with E-state index >= 15 is 0 Å². The van der Waals surface area contributed by atoms with Crippen LogP contribution in [0.5, 0.6) is 0 Å². The summed E-state index contributed by atoms with van der Waals surface area (Å²) in [4.78, 5) is 35.1. The number of ether oxygens (including phenoxy) is 1. The third-order valence-electron chi connectivity index (χ3n) is 3.24. The molecule has 130 valence electrons. The van der Waals surface area contributed by atoms with Crippen LogP contribution in [-0.2, 0) is 9.53 Å². The van der Waals surface area contributed by atoms with Crippen molar-refractivity contribution in [2.75, 3.05) is 5.32 Å². The summed E-state index contributed by atoms with van der Waals surface area (Å²) in [5, 5.41) is 2.55. The number of carbonyl (C=O) groups excluding carboxylic acids is 3. The van der Waals surface area contributed by atoms with Crippen molar-refractivity contribution >= 4 is 39.4 Å². The Hall–Kier alpha value is -2.74. The van der Waals surface area contributed by atoms with E-state index in [1.165, 1.54) is 37.3 Å². The summed E-state index contributed by atoms with van der Waals surface area (Å²) in [6, 6.07) is 9.43. The maximum Gasteiger partial charge on any atom is 0.340 e. The van der Waals surface area contributed by atoms with Crippen molar-refractivity contribution < 1.29 is 23.5 Å². The summed E-state index contributed by atoms with van der Waals surface area (Å²) in [6.07, 6.45) is -1.08. The molecule has 0 spiro atoms. The molecule has 0 aromatic heterocycles. The van der Waals surface area contributed by atoms with Crippen molar-refractivity contribution in [2.45, 2.75) is 13.0 Å². The minimum atomic E-state index is -1.08. The lowest BCUT2D eigenvalue weighted by atomic mass is 10.2. The predicted molar refractivity (Wildman–Crippen MR) is 92.6 cm³/mol. The van der Waals surface area contributed by atoms with Gasteiger partial charge in [0, 0.05) is 15.7 Å². The highest BCUT2D eigenvalue weighted by Crippen LogP contribution is 2.19. The largest absolute Gasteiger partial charge is 0.449 e. The first-order valence-electron chi connectivity index (χ1n) is 7.14. The Labute approximate surface area is 151 Å². The third kappa shape index (κ3) is 4.87. The Morgan fingerprint density at radius 3 is 2.36 bits per heavy atom. The van der Waals surface area contributed by atoms with Gasteiger partial charge in [0.25, 0.3) is 5.91 Å². The van der Waals surface area contributed by atoms with E-state index in [0.29, 0.717) is 11.3 Å². The topological polar surface area (TPSA) is 98.5 Å². The highest BCUT2D eigenvalue weighted by atomic mass is 79.9. The van der Waals surface area contributed by atoms with Crippen molar-refractivity contribution in [3.63, 3.8) is 0 Å². The lowest BCUT2D eigenvalue weighted by Gasteiger charge is -2.14. The maximum absolute atomic E-state index is 13.0. The van der Waals surface area contributed by atoms with E-state index in [9.17, 15) is 18.8 Å². The van der Waals surface area contributed by atoms with Gasteiger partial charge in [0.05, 0.1) is 5.56 Å². The highest BCUT2D eigenvalue weighted by Gasteiger charge is 2.20. The molecule has 1 atom stereocenters. The van der Waals surface area contributed by atoms with Crippen molar-refractivity contribution in [1.82, 2.24) is 0 Å². The number of carbonyl (C=O) groups is 3. The number of esters is 1. The molecule has 0 aliphatic carbocycles. The Morgan fingerprint density at radius 1 is 1.16 bits per heavy atom. The van der Waals surface area contributed by atoms with E-state index in [1.54, 1.807) is 0 Å². The Bertz CT molecular complexity index is 824. The first-order chi connectivity index (χ1) is 11.8. The van der Waals surface area contributed by atoms with Gasteiger partial charge >= 0.3 is 5.97 Å². The Kier molecular flexibility index (Phi) is 5.87. The molecule has 6 nitrogen and oxygen atoms in total. The summed E-state index contributed by atoms with van der Waals surface area (Å²) < 4.78 is 18.4. The van der Waals surface area contributed by atoms with Gasteiger partial charge in [-0.3, -0.25) is 9.59 Å². The van der Waals surface area contributed by atoms with Crippen LogP contribution >= 0.6 is 15.9 Å². The Balaban J connectivity index is 1.99. The predicted octanol–water partition coefficient (Wildman–Crippen LogP) is 2.87. The molecule has 25 heavy (non-hydrogen) atoms. The van der Waals surface area contributed by atoms with Crippen LogP contribution < -0.4 is 11.1 Å². The van der Waals surface area contributed by atoms with Gasteiger partial charge < -0.3 is 15.8 Å². The van der Waals surface area contributed by atoms with Gasteiger partial charge in [-0.1, -0.05) is 0 Å². The van der Waals surface area contributed by atoms with Crippen LogP contribution in [0.2, 0.25) is 0 Å². The number of benzene rings is 2. The molecule has 0 aliphatic rings. The number of primary amides is 1. The van der Waals surface area contributed by atoms with Crippen LogP contribution in [0.4, 0.5) is 10.1 Å². The fourth-order valence-corrected chi connectivity index (χ4v) is 2.41. The molecule has 0 fully saturated rings. The normalized spacial score (nSPS) is 11.5. The van der Waals surface area contributed by atoms with E-state index in [2.05, 4.69) is 21.2 Å². The summed E-state index contributed by atoms with van der Waals surface area (Å²) >= 11 is 3.07. The highest BCUT2D eigenvalue weighted by molar-refractivity contribution is 9.10. The smallest absolute Gasteiger partial charge is 0.340 e. The van der Waals surface area contributed by atoms with Crippen LogP contribution in [0.1, 0.15) is 27.6 Å². The van der Waals surface area contributed by atoms with Crippen LogP contribution in [0, 0.1) is 5.82 Å². The molecule has 2 aromatic rings. The van der Waals surface area contributed by atoms with Crippen LogP contribution in [0.25, 0.3) is 0 Å². The summed E-state index contributed by atoms with van der Waals surface area (Å²) in [6.45, 7) is 1.41. The van der Waals surface area contributed by atoms with E-state index in [-0.39, 0.29) is 10.0 Å². The van der Waals surface area contributed by atoms with E-state index in [0.717, 1.165) is 12.1 Å². The van der Waals surface area contributed by atoms with Crippen molar-refractivity contribution in [3.8, 4) is 0 Å². The summed E-state index contributed by atoms with van der Waals surface area (Å²) in [5.41, 5.74) is 5.96. The zero-order valence-electron chi connectivity index (χ0n) is 13.1. The average Bonchev–Trinajstić information content (AvgIpc) is 2.55. The van der Waals surface area contributed by atoms with E-state index in [4.69, 9.17) is 10.5 Å². The zero-order valence-corrected chi connectivity index (χ0v) is 14.7. The van der Waals surface area contributed by atoms with E-state index < -0.39 is 29.7 Å². The molecule has 3 N–H and O–H groups in total. The van der Waals surface area contributed by atoms with Crippen molar-refractivity contribution in [3.05, 3.63) is 63.9 Å². The monoisotopic (exact) mass is 408 g/mol. The lowest BCUT2D eigenvalue weighted by Crippen LogP contribution is -2.30.